The molecule has 0 aliphatic carbocycles. The predicted molar refractivity (Wildman–Crippen MR) is 93.3 cm³/mol. The molecule has 0 unspecified atom stereocenters. The number of nitrogens with zero attached hydrogens (tertiary/aromatic N) is 1. The highest BCUT2D eigenvalue weighted by atomic mass is 16.1. The van der Waals surface area contributed by atoms with E-state index in [0.717, 1.165) is 30.6 Å². The highest BCUT2D eigenvalue weighted by Gasteiger charge is 2.06. The maximum absolute atomic E-state index is 11.7. The van der Waals surface area contributed by atoms with Crippen LogP contribution in [0.25, 0.3) is 10.8 Å². The summed E-state index contributed by atoms with van der Waals surface area (Å²) in [6.45, 7) is 7.41. The Morgan fingerprint density at radius 3 is 2.73 bits per heavy atom. The third-order valence-electron chi connectivity index (χ3n) is 3.84. The Kier molecular flexibility index (Phi) is 5.75. The van der Waals surface area contributed by atoms with Gasteiger partial charge in [-0.3, -0.25) is 4.79 Å². The van der Waals surface area contributed by atoms with Crippen molar-refractivity contribution < 1.29 is 0 Å². The van der Waals surface area contributed by atoms with Crippen LogP contribution in [0.1, 0.15) is 40.0 Å². The predicted octanol–water partition coefficient (Wildman–Crippen LogP) is 4.11. The summed E-state index contributed by atoms with van der Waals surface area (Å²) in [5, 5.41) is 11.6. The molecule has 0 bridgehead atoms. The molecule has 0 aliphatic rings. The van der Waals surface area contributed by atoms with E-state index in [4.69, 9.17) is 0 Å². The summed E-state index contributed by atoms with van der Waals surface area (Å²) in [5.41, 5.74) is 1.24. The molecule has 0 fully saturated rings. The first kappa shape index (κ1) is 16.3. The molecule has 1 atom stereocenters. The normalized spacial score (nSPS) is 12.1. The molecule has 2 aromatic rings. The van der Waals surface area contributed by atoms with Crippen LogP contribution >= 0.6 is 0 Å². The van der Waals surface area contributed by atoms with Gasteiger partial charge in [0.05, 0.1) is 5.39 Å². The van der Waals surface area contributed by atoms with E-state index in [9.17, 15) is 4.79 Å². The summed E-state index contributed by atoms with van der Waals surface area (Å²) in [6, 6.07) is 7.55. The number of aromatic nitrogens is 2. The molecule has 0 spiro atoms. The summed E-state index contributed by atoms with van der Waals surface area (Å²) in [6.07, 6.45) is 5.72. The molecule has 0 saturated carbocycles. The van der Waals surface area contributed by atoms with Crippen molar-refractivity contribution in [2.24, 2.45) is 5.92 Å². The maximum Gasteiger partial charge on any atom is 0.272 e. The van der Waals surface area contributed by atoms with Crippen LogP contribution in [0.5, 0.6) is 0 Å². The minimum atomic E-state index is -0.142. The number of anilines is 1. The van der Waals surface area contributed by atoms with Gasteiger partial charge in [-0.1, -0.05) is 36.8 Å². The van der Waals surface area contributed by atoms with Crippen LogP contribution in [0.4, 0.5) is 5.82 Å². The highest BCUT2D eigenvalue weighted by molar-refractivity contribution is 5.90. The van der Waals surface area contributed by atoms with Crippen LogP contribution in [-0.2, 0) is 0 Å². The van der Waals surface area contributed by atoms with Gasteiger partial charge in [0.15, 0.2) is 5.82 Å². The summed E-state index contributed by atoms with van der Waals surface area (Å²) in [4.78, 5) is 11.7. The van der Waals surface area contributed by atoms with E-state index >= 15 is 0 Å². The molecule has 0 radical (unpaired) electrons. The fraction of sp³-hybridized carbons (Fsp3) is 0.444. The lowest BCUT2D eigenvalue weighted by Gasteiger charge is -2.12. The Labute approximate surface area is 131 Å². The van der Waals surface area contributed by atoms with Crippen molar-refractivity contribution in [1.29, 1.82) is 0 Å². The van der Waals surface area contributed by atoms with Crippen LogP contribution in [-0.4, -0.2) is 16.7 Å². The van der Waals surface area contributed by atoms with Gasteiger partial charge < -0.3 is 5.32 Å². The minimum absolute atomic E-state index is 0.142. The van der Waals surface area contributed by atoms with Crippen LogP contribution < -0.4 is 10.9 Å². The maximum atomic E-state index is 11.7. The molecule has 1 aromatic heterocycles. The molecule has 4 nitrogen and oxygen atoms in total. The number of aromatic amines is 1. The Morgan fingerprint density at radius 1 is 1.27 bits per heavy atom. The van der Waals surface area contributed by atoms with Crippen molar-refractivity contribution in [2.45, 2.75) is 40.0 Å². The van der Waals surface area contributed by atoms with E-state index in [1.807, 2.05) is 24.3 Å². The summed E-state index contributed by atoms with van der Waals surface area (Å²) < 4.78 is 0. The number of hydrogen-bond acceptors (Lipinski definition) is 3. The summed E-state index contributed by atoms with van der Waals surface area (Å²) >= 11 is 0. The quantitative estimate of drug-likeness (QED) is 0.756. The van der Waals surface area contributed by atoms with E-state index in [1.54, 1.807) is 0 Å². The van der Waals surface area contributed by atoms with Crippen molar-refractivity contribution in [1.82, 2.24) is 10.2 Å². The zero-order valence-corrected chi connectivity index (χ0v) is 13.6. The number of benzene rings is 1. The number of fused-ring (bicyclic) bond motifs is 1. The van der Waals surface area contributed by atoms with Crippen LogP contribution in [0.15, 0.2) is 40.7 Å². The molecule has 2 rings (SSSR count). The van der Waals surface area contributed by atoms with Gasteiger partial charge in [-0.05, 0) is 45.1 Å². The fourth-order valence-electron chi connectivity index (χ4n) is 2.49. The van der Waals surface area contributed by atoms with Crippen molar-refractivity contribution in [3.05, 3.63) is 46.3 Å². The fourth-order valence-corrected chi connectivity index (χ4v) is 2.49. The van der Waals surface area contributed by atoms with Gasteiger partial charge in [0.25, 0.3) is 5.56 Å². The van der Waals surface area contributed by atoms with Gasteiger partial charge in [-0.25, -0.2) is 5.10 Å². The number of hydrogen-bond donors (Lipinski definition) is 2. The van der Waals surface area contributed by atoms with Crippen LogP contribution in [0.3, 0.4) is 0 Å². The molecule has 2 N–H and O–H groups in total. The van der Waals surface area contributed by atoms with Gasteiger partial charge in [-0.15, -0.1) is 0 Å². The van der Waals surface area contributed by atoms with E-state index in [2.05, 4.69) is 42.4 Å². The monoisotopic (exact) mass is 299 g/mol. The van der Waals surface area contributed by atoms with Gasteiger partial charge in [0, 0.05) is 11.9 Å². The second-order valence-corrected chi connectivity index (χ2v) is 6.13. The molecule has 1 heterocycles. The number of allylic oxidation sites excluding steroid dienone is 2. The first-order chi connectivity index (χ1) is 10.6. The lowest BCUT2D eigenvalue weighted by molar-refractivity contribution is 0.510. The largest absolute Gasteiger partial charge is 0.368 e. The van der Waals surface area contributed by atoms with Gasteiger partial charge in [-0.2, -0.15) is 5.10 Å². The average molecular weight is 299 g/mol. The second kappa shape index (κ2) is 7.78. The molecule has 22 heavy (non-hydrogen) atoms. The lowest BCUT2D eigenvalue weighted by atomic mass is 10.0. The third kappa shape index (κ3) is 4.45. The molecule has 1 aromatic carbocycles. The Balaban J connectivity index is 1.91. The first-order valence-electron chi connectivity index (χ1n) is 7.92. The summed E-state index contributed by atoms with van der Waals surface area (Å²) in [7, 11) is 0. The topological polar surface area (TPSA) is 57.8 Å². The summed E-state index contributed by atoms with van der Waals surface area (Å²) in [5.74, 6) is 1.42. The van der Waals surface area contributed by atoms with Crippen LogP contribution in [0.2, 0.25) is 0 Å². The van der Waals surface area contributed by atoms with Crippen molar-refractivity contribution in [2.75, 3.05) is 11.9 Å². The Morgan fingerprint density at radius 2 is 2.00 bits per heavy atom. The standard InChI is InChI=1S/C18H25N3O/c1-13(2)7-6-8-14(3)11-12-19-17-15-9-4-5-10-16(15)18(22)21-20-17/h4-5,7,9-10,14H,6,8,11-12H2,1-3H3,(H,19,20)(H,21,22)/t14-/m1/s1. The molecular weight excluding hydrogens is 274 g/mol. The van der Waals surface area contributed by atoms with Gasteiger partial charge in [0.1, 0.15) is 0 Å². The van der Waals surface area contributed by atoms with E-state index in [1.165, 1.54) is 12.0 Å². The van der Waals surface area contributed by atoms with Crippen molar-refractivity contribution >= 4 is 16.6 Å². The second-order valence-electron chi connectivity index (χ2n) is 6.13. The van der Waals surface area contributed by atoms with Crippen LogP contribution in [0, 0.1) is 5.92 Å². The number of rotatable bonds is 7. The molecule has 118 valence electrons. The molecule has 0 amide bonds. The number of H-pyrrole nitrogens is 1. The molecular formula is C18H25N3O. The molecule has 0 aliphatic heterocycles. The highest BCUT2D eigenvalue weighted by Crippen LogP contribution is 2.18. The SMILES string of the molecule is CC(C)=CCC[C@@H](C)CCNc1n[nH]c(=O)c2ccccc12. The lowest BCUT2D eigenvalue weighted by Crippen LogP contribution is -2.14. The minimum Gasteiger partial charge on any atom is -0.368 e. The zero-order chi connectivity index (χ0) is 15.9. The molecule has 4 heteroatoms. The van der Waals surface area contributed by atoms with Crippen molar-refractivity contribution in [3.63, 3.8) is 0 Å². The van der Waals surface area contributed by atoms with E-state index in [-0.39, 0.29) is 5.56 Å². The van der Waals surface area contributed by atoms with Gasteiger partial charge >= 0.3 is 0 Å². The Bertz CT molecular complexity index is 699. The van der Waals surface area contributed by atoms with Crippen molar-refractivity contribution in [3.8, 4) is 0 Å². The van der Waals surface area contributed by atoms with Gasteiger partial charge in [0.2, 0.25) is 0 Å². The third-order valence-corrected chi connectivity index (χ3v) is 3.84. The Hall–Kier alpha value is -2.10. The van der Waals surface area contributed by atoms with E-state index < -0.39 is 0 Å². The molecule has 0 saturated heterocycles. The number of nitrogens with one attached hydrogen (secondary N) is 2. The first-order valence-corrected chi connectivity index (χ1v) is 7.92. The average Bonchev–Trinajstić information content (AvgIpc) is 2.49. The zero-order valence-electron chi connectivity index (χ0n) is 13.6. The van der Waals surface area contributed by atoms with E-state index in [0.29, 0.717) is 11.3 Å². The smallest absolute Gasteiger partial charge is 0.272 e.